The Balaban J connectivity index is 2.07. The normalized spacial score (nSPS) is 11.7. The molecule has 0 saturated heterocycles. The van der Waals surface area contributed by atoms with Crippen LogP contribution >= 0.6 is 0 Å². The molecule has 4 heteroatoms. The summed E-state index contributed by atoms with van der Waals surface area (Å²) in [7, 11) is 0. The van der Waals surface area contributed by atoms with Crippen molar-refractivity contribution >= 4 is 0 Å². The first-order valence-electron chi connectivity index (χ1n) is 5.66. The zero-order valence-electron chi connectivity index (χ0n) is 10.4. The average molecular weight is 231 g/mol. The predicted octanol–water partition coefficient (Wildman–Crippen LogP) is 2.62. The Hall–Kier alpha value is -1.68. The van der Waals surface area contributed by atoms with Crippen molar-refractivity contribution in [1.29, 1.82) is 0 Å². The van der Waals surface area contributed by atoms with Gasteiger partial charge >= 0.3 is 0 Å². The van der Waals surface area contributed by atoms with Crippen LogP contribution in [0.5, 0.6) is 0 Å². The van der Waals surface area contributed by atoms with Crippen LogP contribution in [0.1, 0.15) is 26.5 Å². The second-order valence-corrected chi connectivity index (χ2v) is 5.02. The summed E-state index contributed by atoms with van der Waals surface area (Å²) in [4.78, 5) is 3.97. The second-order valence-electron chi connectivity index (χ2n) is 5.02. The molecule has 0 amide bonds. The van der Waals surface area contributed by atoms with Crippen molar-refractivity contribution in [2.24, 2.45) is 0 Å². The molecule has 2 heterocycles. The second kappa shape index (κ2) is 4.67. The lowest BCUT2D eigenvalue weighted by Crippen LogP contribution is -2.35. The van der Waals surface area contributed by atoms with E-state index in [0.717, 1.165) is 17.0 Å². The number of nitrogens with one attached hydrogen (secondary N) is 1. The quantitative estimate of drug-likeness (QED) is 0.882. The van der Waals surface area contributed by atoms with E-state index in [4.69, 9.17) is 4.52 Å². The van der Waals surface area contributed by atoms with E-state index in [0.29, 0.717) is 6.54 Å². The number of aromatic nitrogens is 2. The van der Waals surface area contributed by atoms with E-state index >= 15 is 0 Å². The predicted molar refractivity (Wildman–Crippen MR) is 66.3 cm³/mol. The van der Waals surface area contributed by atoms with E-state index < -0.39 is 0 Å². The zero-order chi connectivity index (χ0) is 12.3. The highest BCUT2D eigenvalue weighted by Crippen LogP contribution is 2.19. The molecule has 1 N–H and O–H groups in total. The lowest BCUT2D eigenvalue weighted by Gasteiger charge is -2.19. The molecule has 0 fully saturated rings. The Morgan fingerprint density at radius 1 is 1.24 bits per heavy atom. The van der Waals surface area contributed by atoms with Crippen LogP contribution < -0.4 is 5.32 Å². The molecule has 0 bridgehead atoms. The van der Waals surface area contributed by atoms with Gasteiger partial charge in [-0.2, -0.15) is 0 Å². The Morgan fingerprint density at radius 3 is 2.59 bits per heavy atom. The van der Waals surface area contributed by atoms with Crippen LogP contribution in [0.3, 0.4) is 0 Å². The molecule has 4 nitrogen and oxygen atoms in total. The summed E-state index contributed by atoms with van der Waals surface area (Å²) in [5, 5.41) is 7.41. The summed E-state index contributed by atoms with van der Waals surface area (Å²) in [6.07, 6.45) is 3.48. The molecule has 90 valence electrons. The lowest BCUT2D eigenvalue weighted by atomic mass is 10.1. The molecule has 0 atom stereocenters. The zero-order valence-corrected chi connectivity index (χ0v) is 10.4. The number of rotatable bonds is 3. The number of pyridine rings is 1. The summed E-state index contributed by atoms with van der Waals surface area (Å²) >= 11 is 0. The lowest BCUT2D eigenvalue weighted by molar-refractivity contribution is 0.392. The van der Waals surface area contributed by atoms with Crippen LogP contribution in [0, 0.1) is 0 Å². The third-order valence-corrected chi connectivity index (χ3v) is 2.32. The Labute approximate surface area is 101 Å². The van der Waals surface area contributed by atoms with Gasteiger partial charge in [-0.25, -0.2) is 0 Å². The molecule has 2 aromatic heterocycles. The molecule has 17 heavy (non-hydrogen) atoms. The molecule has 0 unspecified atom stereocenters. The number of hydrogen-bond acceptors (Lipinski definition) is 4. The average Bonchev–Trinajstić information content (AvgIpc) is 2.75. The molecule has 0 aliphatic carbocycles. The summed E-state index contributed by atoms with van der Waals surface area (Å²) < 4.78 is 5.30. The monoisotopic (exact) mass is 231 g/mol. The third kappa shape index (κ3) is 3.39. The maximum Gasteiger partial charge on any atom is 0.167 e. The largest absolute Gasteiger partial charge is 0.356 e. The molecule has 0 aliphatic heterocycles. The van der Waals surface area contributed by atoms with Crippen molar-refractivity contribution in [3.8, 4) is 11.3 Å². The molecule has 2 rings (SSSR count). The number of nitrogens with zero attached hydrogens (tertiary/aromatic N) is 2. The first-order valence-corrected chi connectivity index (χ1v) is 5.66. The van der Waals surface area contributed by atoms with Crippen molar-refractivity contribution in [1.82, 2.24) is 15.5 Å². The van der Waals surface area contributed by atoms with Gasteiger partial charge in [0.2, 0.25) is 0 Å². The summed E-state index contributed by atoms with van der Waals surface area (Å²) in [5.74, 6) is 0.776. The Morgan fingerprint density at radius 2 is 1.94 bits per heavy atom. The first-order chi connectivity index (χ1) is 8.04. The van der Waals surface area contributed by atoms with Crippen molar-refractivity contribution in [2.45, 2.75) is 32.9 Å². The van der Waals surface area contributed by atoms with E-state index in [9.17, 15) is 0 Å². The van der Waals surface area contributed by atoms with Gasteiger partial charge in [0.05, 0.1) is 5.69 Å². The minimum Gasteiger partial charge on any atom is -0.356 e. The van der Waals surface area contributed by atoms with E-state index in [1.807, 2.05) is 18.2 Å². The van der Waals surface area contributed by atoms with Crippen LogP contribution in [0.2, 0.25) is 0 Å². The van der Waals surface area contributed by atoms with Crippen LogP contribution in [0.15, 0.2) is 35.1 Å². The fourth-order valence-corrected chi connectivity index (χ4v) is 1.40. The van der Waals surface area contributed by atoms with Crippen molar-refractivity contribution < 1.29 is 4.52 Å². The van der Waals surface area contributed by atoms with Crippen molar-refractivity contribution in [3.05, 3.63) is 36.3 Å². The van der Waals surface area contributed by atoms with Crippen LogP contribution in [0.25, 0.3) is 11.3 Å². The van der Waals surface area contributed by atoms with Crippen LogP contribution in [0.4, 0.5) is 0 Å². The highest BCUT2D eigenvalue weighted by molar-refractivity contribution is 5.56. The van der Waals surface area contributed by atoms with Crippen molar-refractivity contribution in [3.63, 3.8) is 0 Å². The van der Waals surface area contributed by atoms with Gasteiger partial charge in [0.25, 0.3) is 0 Å². The molecular weight excluding hydrogens is 214 g/mol. The topological polar surface area (TPSA) is 51.0 Å². The molecule has 0 aliphatic rings. The van der Waals surface area contributed by atoms with E-state index in [1.54, 1.807) is 12.4 Å². The van der Waals surface area contributed by atoms with E-state index in [1.165, 1.54) is 0 Å². The summed E-state index contributed by atoms with van der Waals surface area (Å²) in [6, 6.07) is 5.76. The highest BCUT2D eigenvalue weighted by Gasteiger charge is 2.11. The molecule has 0 aromatic carbocycles. The maximum atomic E-state index is 5.30. The van der Waals surface area contributed by atoms with E-state index in [-0.39, 0.29) is 5.54 Å². The summed E-state index contributed by atoms with van der Waals surface area (Å²) in [5.41, 5.74) is 1.98. The molecule has 0 saturated carbocycles. The fraction of sp³-hybridized carbons (Fsp3) is 0.385. The van der Waals surface area contributed by atoms with Gasteiger partial charge in [-0.15, -0.1) is 0 Å². The smallest absolute Gasteiger partial charge is 0.167 e. The van der Waals surface area contributed by atoms with E-state index in [2.05, 4.69) is 36.2 Å². The SMILES string of the molecule is CC(C)(C)NCc1cc(-c2ccncc2)on1. The van der Waals surface area contributed by atoms with Gasteiger partial charge < -0.3 is 9.84 Å². The number of hydrogen-bond donors (Lipinski definition) is 1. The van der Waals surface area contributed by atoms with Gasteiger partial charge in [0.1, 0.15) is 0 Å². The fourth-order valence-electron chi connectivity index (χ4n) is 1.40. The minimum atomic E-state index is 0.0791. The van der Waals surface area contributed by atoms with Crippen LogP contribution in [-0.2, 0) is 6.54 Å². The van der Waals surface area contributed by atoms with Gasteiger partial charge in [-0.3, -0.25) is 4.98 Å². The minimum absolute atomic E-state index is 0.0791. The third-order valence-electron chi connectivity index (χ3n) is 2.32. The highest BCUT2D eigenvalue weighted by atomic mass is 16.5. The van der Waals surface area contributed by atoms with Gasteiger partial charge in [-0.05, 0) is 32.9 Å². The van der Waals surface area contributed by atoms with Gasteiger partial charge in [0, 0.05) is 36.1 Å². The molecule has 0 spiro atoms. The molecule has 0 radical (unpaired) electrons. The van der Waals surface area contributed by atoms with Gasteiger partial charge in [0.15, 0.2) is 5.76 Å². The molecule has 2 aromatic rings. The standard InChI is InChI=1S/C13H17N3O/c1-13(2,3)15-9-11-8-12(17-16-11)10-4-6-14-7-5-10/h4-8,15H,9H2,1-3H3. The summed E-state index contributed by atoms with van der Waals surface area (Å²) in [6.45, 7) is 7.07. The molecular formula is C13H17N3O. The first kappa shape index (κ1) is 11.8. The Bertz CT molecular complexity index is 471. The van der Waals surface area contributed by atoms with Crippen LogP contribution in [-0.4, -0.2) is 15.7 Å². The van der Waals surface area contributed by atoms with Crippen molar-refractivity contribution in [2.75, 3.05) is 0 Å². The maximum absolute atomic E-state index is 5.30. The van der Waals surface area contributed by atoms with Gasteiger partial charge in [-0.1, -0.05) is 5.16 Å². The Kier molecular flexibility index (Phi) is 3.24.